The average molecular weight is 358 g/mol. The standard InChI is InChI=1S/C21H18N4O2/c1-24(17-11-6-3-7-12-17)19(26)15-25-14-8-13-18(25)21-22-20(23-27-21)16-9-4-2-5-10-16/h2-14H,15H2,1H3. The summed E-state index contributed by atoms with van der Waals surface area (Å²) in [6.07, 6.45) is 1.83. The molecule has 6 nitrogen and oxygen atoms in total. The minimum Gasteiger partial charge on any atom is -0.334 e. The fourth-order valence-corrected chi connectivity index (χ4v) is 2.83. The van der Waals surface area contributed by atoms with Gasteiger partial charge in [-0.15, -0.1) is 0 Å². The summed E-state index contributed by atoms with van der Waals surface area (Å²) in [7, 11) is 1.76. The third-order valence-corrected chi connectivity index (χ3v) is 4.33. The maximum atomic E-state index is 12.7. The third-order valence-electron chi connectivity index (χ3n) is 4.33. The summed E-state index contributed by atoms with van der Waals surface area (Å²) in [6.45, 7) is 0.177. The minimum absolute atomic E-state index is 0.0403. The number of hydrogen-bond donors (Lipinski definition) is 0. The molecule has 0 radical (unpaired) electrons. The molecule has 0 saturated carbocycles. The Balaban J connectivity index is 1.55. The molecular formula is C21H18N4O2. The van der Waals surface area contributed by atoms with Crippen molar-refractivity contribution in [2.24, 2.45) is 0 Å². The van der Waals surface area contributed by atoms with Crippen molar-refractivity contribution in [3.05, 3.63) is 79.0 Å². The summed E-state index contributed by atoms with van der Waals surface area (Å²) >= 11 is 0. The fourth-order valence-electron chi connectivity index (χ4n) is 2.83. The van der Waals surface area contributed by atoms with E-state index in [-0.39, 0.29) is 12.5 Å². The van der Waals surface area contributed by atoms with Gasteiger partial charge in [-0.2, -0.15) is 4.98 Å². The van der Waals surface area contributed by atoms with Crippen molar-refractivity contribution in [3.63, 3.8) is 0 Å². The van der Waals surface area contributed by atoms with Crippen molar-refractivity contribution in [3.8, 4) is 23.0 Å². The van der Waals surface area contributed by atoms with E-state index in [1.807, 2.05) is 83.6 Å². The summed E-state index contributed by atoms with van der Waals surface area (Å²) in [6, 6.07) is 22.9. The van der Waals surface area contributed by atoms with E-state index in [0.717, 1.165) is 11.3 Å². The molecule has 0 unspecified atom stereocenters. The number of benzene rings is 2. The van der Waals surface area contributed by atoms with Gasteiger partial charge < -0.3 is 14.0 Å². The van der Waals surface area contributed by atoms with Gasteiger partial charge in [-0.3, -0.25) is 4.79 Å². The van der Waals surface area contributed by atoms with Crippen LogP contribution in [-0.4, -0.2) is 27.7 Å². The van der Waals surface area contributed by atoms with Crippen LogP contribution in [0.2, 0.25) is 0 Å². The van der Waals surface area contributed by atoms with Crippen LogP contribution in [0.1, 0.15) is 0 Å². The lowest BCUT2D eigenvalue weighted by Crippen LogP contribution is -2.29. The van der Waals surface area contributed by atoms with Gasteiger partial charge in [-0.1, -0.05) is 53.7 Å². The molecule has 134 valence electrons. The minimum atomic E-state index is -0.0403. The zero-order valence-electron chi connectivity index (χ0n) is 14.8. The molecule has 2 aromatic heterocycles. The van der Waals surface area contributed by atoms with Crippen molar-refractivity contribution >= 4 is 11.6 Å². The first-order valence-corrected chi connectivity index (χ1v) is 8.58. The molecule has 0 bridgehead atoms. The second-order valence-corrected chi connectivity index (χ2v) is 6.10. The molecule has 1 amide bonds. The monoisotopic (exact) mass is 358 g/mol. The molecule has 0 aliphatic rings. The summed E-state index contributed by atoms with van der Waals surface area (Å²) in [5.74, 6) is 0.863. The molecule has 0 aliphatic carbocycles. The number of rotatable bonds is 5. The smallest absolute Gasteiger partial charge is 0.274 e. The normalized spacial score (nSPS) is 10.7. The number of amides is 1. The Kier molecular flexibility index (Phi) is 4.53. The number of anilines is 1. The molecule has 0 aliphatic heterocycles. The second kappa shape index (κ2) is 7.29. The largest absolute Gasteiger partial charge is 0.334 e. The highest BCUT2D eigenvalue weighted by molar-refractivity contribution is 5.92. The molecular weight excluding hydrogens is 340 g/mol. The molecule has 4 aromatic rings. The number of aromatic nitrogens is 3. The molecule has 2 heterocycles. The molecule has 0 atom stereocenters. The van der Waals surface area contributed by atoms with Crippen LogP contribution in [-0.2, 0) is 11.3 Å². The summed E-state index contributed by atoms with van der Waals surface area (Å²) in [5, 5.41) is 4.05. The van der Waals surface area contributed by atoms with Crippen LogP contribution in [0.4, 0.5) is 5.69 Å². The maximum absolute atomic E-state index is 12.7. The highest BCUT2D eigenvalue weighted by Crippen LogP contribution is 2.23. The topological polar surface area (TPSA) is 64.2 Å². The van der Waals surface area contributed by atoms with E-state index in [2.05, 4.69) is 10.1 Å². The molecule has 0 saturated heterocycles. The van der Waals surface area contributed by atoms with Crippen molar-refractivity contribution in [2.45, 2.75) is 6.54 Å². The highest BCUT2D eigenvalue weighted by atomic mass is 16.5. The number of carbonyl (C=O) groups excluding carboxylic acids is 1. The van der Waals surface area contributed by atoms with E-state index >= 15 is 0 Å². The summed E-state index contributed by atoms with van der Waals surface area (Å²) in [5.41, 5.74) is 2.44. The lowest BCUT2D eigenvalue weighted by atomic mass is 10.2. The Bertz CT molecular complexity index is 1040. The first-order valence-electron chi connectivity index (χ1n) is 8.58. The summed E-state index contributed by atoms with van der Waals surface area (Å²) in [4.78, 5) is 18.8. The first kappa shape index (κ1) is 16.8. The SMILES string of the molecule is CN(C(=O)Cn1cccc1-c1nc(-c2ccccc2)no1)c1ccccc1. The molecule has 27 heavy (non-hydrogen) atoms. The van der Waals surface area contributed by atoms with Gasteiger partial charge >= 0.3 is 0 Å². The number of carbonyl (C=O) groups is 1. The van der Waals surface area contributed by atoms with Crippen LogP contribution in [0.3, 0.4) is 0 Å². The van der Waals surface area contributed by atoms with Gasteiger partial charge in [0.15, 0.2) is 0 Å². The van der Waals surface area contributed by atoms with Crippen LogP contribution in [0.25, 0.3) is 23.0 Å². The van der Waals surface area contributed by atoms with Crippen molar-refractivity contribution in [1.82, 2.24) is 14.7 Å². The maximum Gasteiger partial charge on any atom is 0.274 e. The van der Waals surface area contributed by atoms with E-state index in [4.69, 9.17) is 4.52 Å². The third kappa shape index (κ3) is 3.50. The van der Waals surface area contributed by atoms with Gasteiger partial charge in [0, 0.05) is 24.5 Å². The number of hydrogen-bond acceptors (Lipinski definition) is 4. The van der Waals surface area contributed by atoms with Crippen molar-refractivity contribution in [1.29, 1.82) is 0 Å². The molecule has 2 aromatic carbocycles. The number of likely N-dealkylation sites (N-methyl/N-ethyl adjacent to an activating group) is 1. The predicted octanol–water partition coefficient (Wildman–Crippen LogP) is 3.87. The number of nitrogens with zero attached hydrogens (tertiary/aromatic N) is 4. The van der Waals surface area contributed by atoms with Gasteiger partial charge in [0.1, 0.15) is 12.2 Å². The molecule has 0 fully saturated rings. The van der Waals surface area contributed by atoms with E-state index < -0.39 is 0 Å². The quantitative estimate of drug-likeness (QED) is 0.543. The van der Waals surface area contributed by atoms with Crippen LogP contribution in [0.5, 0.6) is 0 Å². The molecule has 0 spiro atoms. The van der Waals surface area contributed by atoms with Gasteiger partial charge in [0.2, 0.25) is 11.7 Å². The lowest BCUT2D eigenvalue weighted by molar-refractivity contribution is -0.118. The first-order chi connectivity index (χ1) is 13.2. The second-order valence-electron chi connectivity index (χ2n) is 6.10. The summed E-state index contributed by atoms with van der Waals surface area (Å²) < 4.78 is 7.23. The Morgan fingerprint density at radius 3 is 2.44 bits per heavy atom. The van der Waals surface area contributed by atoms with Crippen molar-refractivity contribution < 1.29 is 9.32 Å². The van der Waals surface area contributed by atoms with Crippen molar-refractivity contribution in [2.75, 3.05) is 11.9 Å². The molecule has 0 N–H and O–H groups in total. The molecule has 6 heteroatoms. The fraction of sp³-hybridized carbons (Fsp3) is 0.0952. The predicted molar refractivity (Wildman–Crippen MR) is 103 cm³/mol. The van der Waals surface area contributed by atoms with Crippen LogP contribution in [0.15, 0.2) is 83.5 Å². The Labute approximate surface area is 156 Å². The zero-order chi connectivity index (χ0) is 18.6. The van der Waals surface area contributed by atoms with E-state index in [1.165, 1.54) is 0 Å². The van der Waals surface area contributed by atoms with Crippen LogP contribution < -0.4 is 4.90 Å². The van der Waals surface area contributed by atoms with E-state index in [9.17, 15) is 4.79 Å². The molecule has 4 rings (SSSR count). The Morgan fingerprint density at radius 1 is 1.00 bits per heavy atom. The van der Waals surface area contributed by atoms with Crippen LogP contribution in [0, 0.1) is 0 Å². The van der Waals surface area contributed by atoms with Gasteiger partial charge in [-0.05, 0) is 24.3 Å². The number of para-hydroxylation sites is 1. The Morgan fingerprint density at radius 2 is 1.70 bits per heavy atom. The Hall–Kier alpha value is -3.67. The highest BCUT2D eigenvalue weighted by Gasteiger charge is 2.17. The lowest BCUT2D eigenvalue weighted by Gasteiger charge is -2.18. The van der Waals surface area contributed by atoms with E-state index in [0.29, 0.717) is 17.4 Å². The van der Waals surface area contributed by atoms with E-state index in [1.54, 1.807) is 11.9 Å². The van der Waals surface area contributed by atoms with Gasteiger partial charge in [0.05, 0.1) is 0 Å². The van der Waals surface area contributed by atoms with Crippen LogP contribution >= 0.6 is 0 Å². The zero-order valence-corrected chi connectivity index (χ0v) is 14.8. The van der Waals surface area contributed by atoms with Gasteiger partial charge in [-0.25, -0.2) is 0 Å². The average Bonchev–Trinajstić information content (AvgIpc) is 3.38. The van der Waals surface area contributed by atoms with Gasteiger partial charge in [0.25, 0.3) is 5.89 Å².